The summed E-state index contributed by atoms with van der Waals surface area (Å²) in [6.07, 6.45) is -0.281. The summed E-state index contributed by atoms with van der Waals surface area (Å²) in [5.74, 6) is -1.17. The van der Waals surface area contributed by atoms with Gasteiger partial charge in [0.2, 0.25) is 10.0 Å². The first-order valence-corrected chi connectivity index (χ1v) is 15.5. The fourth-order valence-corrected chi connectivity index (χ4v) is 7.03. The third-order valence-electron chi connectivity index (χ3n) is 6.61. The molecule has 0 fully saturated rings. The number of sulfonamides is 1. The van der Waals surface area contributed by atoms with E-state index in [1.165, 1.54) is 54.1 Å². The van der Waals surface area contributed by atoms with E-state index < -0.39 is 27.9 Å². The van der Waals surface area contributed by atoms with E-state index in [4.69, 9.17) is 14.2 Å². The maximum atomic E-state index is 13.2. The van der Waals surface area contributed by atoms with Crippen LogP contribution in [-0.4, -0.2) is 95.2 Å². The number of alkyl carbamates (subject to hydrolysis) is 1. The highest BCUT2D eigenvalue weighted by molar-refractivity contribution is 7.89. The molecule has 1 aromatic carbocycles. The Bertz CT molecular complexity index is 1320. The van der Waals surface area contributed by atoms with E-state index in [1.54, 1.807) is 6.92 Å². The van der Waals surface area contributed by atoms with Gasteiger partial charge < -0.3 is 19.5 Å². The molecular formula is C27H38N4O8S2. The van der Waals surface area contributed by atoms with Gasteiger partial charge in [0.15, 0.2) is 0 Å². The number of imide groups is 1. The molecule has 2 heterocycles. The molecule has 1 aliphatic rings. The maximum absolute atomic E-state index is 13.2. The van der Waals surface area contributed by atoms with E-state index in [0.29, 0.717) is 24.0 Å². The monoisotopic (exact) mass is 610 g/mol. The van der Waals surface area contributed by atoms with Gasteiger partial charge in [-0.15, -0.1) is 11.3 Å². The van der Waals surface area contributed by atoms with Crippen LogP contribution in [0.1, 0.15) is 51.9 Å². The number of methoxy groups -OCH3 is 2. The number of fused-ring (bicyclic) bond motifs is 1. The minimum Gasteiger partial charge on any atom is -0.450 e. The molecular weight excluding hydrogens is 572 g/mol. The van der Waals surface area contributed by atoms with Crippen molar-refractivity contribution in [3.8, 4) is 0 Å². The smallest absolute Gasteiger partial charge is 0.414 e. The number of nitrogens with zero attached hydrogens (tertiary/aromatic N) is 2. The Morgan fingerprint density at radius 1 is 1.05 bits per heavy atom. The second-order valence-electron chi connectivity index (χ2n) is 9.56. The van der Waals surface area contributed by atoms with Crippen LogP contribution in [0.3, 0.4) is 0 Å². The zero-order valence-electron chi connectivity index (χ0n) is 24.0. The van der Waals surface area contributed by atoms with Crippen molar-refractivity contribution in [3.63, 3.8) is 0 Å². The van der Waals surface area contributed by atoms with Crippen LogP contribution in [0, 0.1) is 0 Å². The fourth-order valence-electron chi connectivity index (χ4n) is 4.36. The van der Waals surface area contributed by atoms with Crippen LogP contribution in [0.2, 0.25) is 0 Å². The number of carbonyl (C=O) groups is 3. The van der Waals surface area contributed by atoms with E-state index >= 15 is 0 Å². The summed E-state index contributed by atoms with van der Waals surface area (Å²) in [5.41, 5.74) is 1.23. The van der Waals surface area contributed by atoms with E-state index in [1.807, 2.05) is 0 Å². The van der Waals surface area contributed by atoms with Crippen molar-refractivity contribution >= 4 is 44.3 Å². The third-order valence-corrected chi connectivity index (χ3v) is 9.65. The molecule has 0 atom stereocenters. The number of hydrogen-bond donors (Lipinski definition) is 2. The Balaban J connectivity index is 1.86. The quantitative estimate of drug-likeness (QED) is 0.350. The van der Waals surface area contributed by atoms with Crippen molar-refractivity contribution in [2.45, 2.75) is 44.7 Å². The zero-order valence-corrected chi connectivity index (χ0v) is 25.7. The lowest BCUT2D eigenvalue weighted by Crippen LogP contribution is -2.36. The molecule has 1 aliphatic heterocycles. The van der Waals surface area contributed by atoms with Crippen molar-refractivity contribution in [2.24, 2.45) is 0 Å². The average molecular weight is 611 g/mol. The molecule has 12 nitrogen and oxygen atoms in total. The summed E-state index contributed by atoms with van der Waals surface area (Å²) in [4.78, 5) is 41.6. The molecule has 14 heteroatoms. The Morgan fingerprint density at radius 2 is 1.68 bits per heavy atom. The Hall–Kier alpha value is -2.88. The maximum Gasteiger partial charge on any atom is 0.414 e. The van der Waals surface area contributed by atoms with Gasteiger partial charge in [0.25, 0.3) is 11.8 Å². The van der Waals surface area contributed by atoms with Crippen LogP contribution in [0.4, 0.5) is 9.80 Å². The van der Waals surface area contributed by atoms with Crippen molar-refractivity contribution in [1.82, 2.24) is 14.5 Å². The molecule has 0 radical (unpaired) electrons. The second-order valence-corrected chi connectivity index (χ2v) is 12.6. The molecule has 0 saturated carbocycles. The van der Waals surface area contributed by atoms with Gasteiger partial charge in [-0.1, -0.05) is 0 Å². The fraction of sp³-hybridized carbons (Fsp3) is 0.519. The summed E-state index contributed by atoms with van der Waals surface area (Å²) in [6, 6.07) is 5.87. The van der Waals surface area contributed by atoms with E-state index in [-0.39, 0.29) is 48.9 Å². The number of benzene rings is 1. The Labute approximate surface area is 245 Å². The van der Waals surface area contributed by atoms with Crippen LogP contribution >= 0.6 is 11.3 Å². The molecule has 2 aromatic rings. The van der Waals surface area contributed by atoms with Crippen molar-refractivity contribution in [2.75, 3.05) is 59.0 Å². The molecule has 2 N–H and O–H groups in total. The molecule has 226 valence electrons. The predicted octanol–water partition coefficient (Wildman–Crippen LogP) is 2.94. The van der Waals surface area contributed by atoms with Crippen LogP contribution in [0.25, 0.3) is 0 Å². The summed E-state index contributed by atoms with van der Waals surface area (Å²) >= 11 is 1.29. The SMILES string of the molecule is CCOC(=O)NC(=O)c1c(NC(=O)c2ccc(S(=O)(=O)N(CCOC)CCOC)cc2)sc2c1CCN(C(C)C)C2. The van der Waals surface area contributed by atoms with E-state index in [0.717, 1.165) is 17.0 Å². The minimum atomic E-state index is -3.85. The van der Waals surface area contributed by atoms with Crippen molar-refractivity contribution in [3.05, 3.63) is 45.8 Å². The average Bonchev–Trinajstić information content (AvgIpc) is 3.30. The number of anilines is 1. The molecule has 0 aliphatic carbocycles. The van der Waals surface area contributed by atoms with Gasteiger partial charge in [0.1, 0.15) is 5.00 Å². The lowest BCUT2D eigenvalue weighted by molar-refractivity contribution is 0.0924. The first kappa shape index (κ1) is 32.6. The number of hydrogen-bond acceptors (Lipinski definition) is 10. The van der Waals surface area contributed by atoms with Crippen LogP contribution in [0.15, 0.2) is 29.2 Å². The number of rotatable bonds is 13. The van der Waals surface area contributed by atoms with Crippen molar-refractivity contribution in [1.29, 1.82) is 0 Å². The highest BCUT2D eigenvalue weighted by Crippen LogP contribution is 2.38. The predicted molar refractivity (Wildman–Crippen MR) is 155 cm³/mol. The van der Waals surface area contributed by atoms with Gasteiger partial charge >= 0.3 is 6.09 Å². The van der Waals surface area contributed by atoms with Crippen LogP contribution in [-0.2, 0) is 37.2 Å². The Morgan fingerprint density at radius 3 is 2.24 bits per heavy atom. The van der Waals surface area contributed by atoms with Gasteiger partial charge in [0.05, 0.1) is 30.3 Å². The summed E-state index contributed by atoms with van der Waals surface area (Å²) in [5, 5.41) is 5.36. The first-order chi connectivity index (χ1) is 19.5. The number of carbonyl (C=O) groups excluding carboxylic acids is 3. The second kappa shape index (κ2) is 14.8. The Kier molecular flexibility index (Phi) is 11.8. The molecule has 1 aromatic heterocycles. The summed E-state index contributed by atoms with van der Waals surface area (Å²) in [6.45, 7) is 8.01. The van der Waals surface area contributed by atoms with Crippen LogP contribution < -0.4 is 10.6 Å². The molecule has 0 unspecified atom stereocenters. The molecule has 0 spiro atoms. The standard InChI is InChI=1S/C27H38N4O8S2/c1-6-39-27(34)29-25(33)23-21-11-12-30(18(2)3)17-22(21)40-26(23)28-24(32)19-7-9-20(10-8-19)41(35,36)31(13-15-37-4)14-16-38-5/h7-10,18H,6,11-17H2,1-5H3,(H,28,32)(H,29,33,34). The van der Waals surface area contributed by atoms with Gasteiger partial charge in [-0.05, 0) is 57.0 Å². The van der Waals surface area contributed by atoms with Gasteiger partial charge in [-0.3, -0.25) is 19.8 Å². The van der Waals surface area contributed by atoms with Crippen molar-refractivity contribution < 1.29 is 37.0 Å². The normalized spacial score (nSPS) is 13.7. The highest BCUT2D eigenvalue weighted by atomic mass is 32.2. The molecule has 41 heavy (non-hydrogen) atoms. The van der Waals surface area contributed by atoms with Crippen LogP contribution in [0.5, 0.6) is 0 Å². The lowest BCUT2D eigenvalue weighted by Gasteiger charge is -2.30. The number of nitrogens with one attached hydrogen (secondary N) is 2. The molecule has 3 amide bonds. The van der Waals surface area contributed by atoms with E-state index in [2.05, 4.69) is 29.4 Å². The first-order valence-electron chi connectivity index (χ1n) is 13.3. The largest absolute Gasteiger partial charge is 0.450 e. The summed E-state index contributed by atoms with van der Waals surface area (Å²) < 4.78 is 42.6. The molecule has 0 saturated heterocycles. The number of ether oxygens (including phenoxy) is 3. The lowest BCUT2D eigenvalue weighted by atomic mass is 10.0. The zero-order chi connectivity index (χ0) is 30.2. The van der Waals surface area contributed by atoms with Gasteiger partial charge in [-0.2, -0.15) is 4.31 Å². The summed E-state index contributed by atoms with van der Waals surface area (Å²) in [7, 11) is -0.872. The minimum absolute atomic E-state index is 0.0242. The van der Waals surface area contributed by atoms with Gasteiger partial charge in [0, 0.05) is 56.9 Å². The number of amides is 3. The topological polar surface area (TPSA) is 144 Å². The van der Waals surface area contributed by atoms with Gasteiger partial charge in [-0.25, -0.2) is 13.2 Å². The number of thiophene rings is 1. The third kappa shape index (κ3) is 8.11. The highest BCUT2D eigenvalue weighted by Gasteiger charge is 2.31. The molecule has 0 bridgehead atoms. The molecule has 3 rings (SSSR count). The van der Waals surface area contributed by atoms with E-state index in [9.17, 15) is 22.8 Å².